The van der Waals surface area contributed by atoms with Crippen LogP contribution in [0.3, 0.4) is 0 Å². The van der Waals surface area contributed by atoms with Gasteiger partial charge in [0, 0.05) is 12.8 Å². The highest BCUT2D eigenvalue weighted by molar-refractivity contribution is 5.69. The van der Waals surface area contributed by atoms with Crippen LogP contribution in [-0.4, -0.2) is 158 Å². The standard InChI is InChI=1S/C54H106O15/c1-3-5-7-9-11-13-15-17-19-21-23-25-27-29-31-33-53(61)68-45-51(59)43-66-41-49(57)39-64-37-47(55)35-63-36-48(56)38-65-40-50(58)42-67-44-52(60)46-69-54(62)34-32-30-28-26-24-22-20-18-16-14-12-10-8-6-4-2/h47-52,55-60H,3-46H2,1-2H3/t47-,48+,49-,50+,51-,52-/m1/s1. The minimum atomic E-state index is -1.02. The van der Waals surface area contributed by atoms with Crippen LogP contribution in [0.1, 0.15) is 219 Å². The molecule has 15 nitrogen and oxygen atoms in total. The maximum absolute atomic E-state index is 12.0. The first-order valence-corrected chi connectivity index (χ1v) is 27.9. The third kappa shape index (κ3) is 52.6. The Bertz CT molecular complexity index is 991. The number of hydrogen-bond donors (Lipinski definition) is 6. The Kier molecular flexibility index (Phi) is 51.7. The van der Waals surface area contributed by atoms with E-state index in [0.717, 1.165) is 38.5 Å². The number of hydrogen-bond acceptors (Lipinski definition) is 15. The molecule has 0 saturated carbocycles. The molecule has 15 heteroatoms. The quantitative estimate of drug-likeness (QED) is 0.0248. The lowest BCUT2D eigenvalue weighted by Gasteiger charge is -2.18. The molecule has 0 saturated heterocycles. The monoisotopic (exact) mass is 995 g/mol. The largest absolute Gasteiger partial charge is 0.463 e. The fraction of sp³-hybridized carbons (Fsp3) is 0.963. The second-order valence-corrected chi connectivity index (χ2v) is 19.4. The highest BCUT2D eigenvalue weighted by Gasteiger charge is 2.15. The van der Waals surface area contributed by atoms with Gasteiger partial charge in [0.25, 0.3) is 0 Å². The summed E-state index contributed by atoms with van der Waals surface area (Å²) in [6, 6.07) is 0. The van der Waals surface area contributed by atoms with Crippen LogP contribution < -0.4 is 0 Å². The number of rotatable bonds is 56. The lowest BCUT2D eigenvalue weighted by atomic mass is 10.0. The molecule has 0 aliphatic carbocycles. The molecule has 0 bridgehead atoms. The van der Waals surface area contributed by atoms with E-state index in [1.807, 2.05) is 0 Å². The molecule has 0 aliphatic rings. The summed E-state index contributed by atoms with van der Waals surface area (Å²) in [5.74, 6) is -0.682. The van der Waals surface area contributed by atoms with Crippen molar-refractivity contribution in [3.63, 3.8) is 0 Å². The zero-order valence-corrected chi connectivity index (χ0v) is 43.9. The van der Waals surface area contributed by atoms with Gasteiger partial charge in [0.1, 0.15) is 49.8 Å². The molecule has 0 aromatic rings. The number of ether oxygens (including phenoxy) is 7. The SMILES string of the molecule is CCCCCCCCCCCCCCCCCC(=O)OC[C@H](O)COC[C@H](O)COC[C@H](O)COC[C@H](O)COC[C@H](O)COC[C@@H](O)COC(=O)CCCCCCCCCCCCCCCCC. The second-order valence-electron chi connectivity index (χ2n) is 19.4. The number of aliphatic hydroxyl groups excluding tert-OH is 6. The van der Waals surface area contributed by atoms with Crippen molar-refractivity contribution < 1.29 is 73.4 Å². The average Bonchev–Trinajstić information content (AvgIpc) is 3.32. The zero-order valence-electron chi connectivity index (χ0n) is 43.9. The van der Waals surface area contributed by atoms with Crippen molar-refractivity contribution in [3.8, 4) is 0 Å². The van der Waals surface area contributed by atoms with Crippen LogP contribution in [-0.2, 0) is 42.7 Å². The van der Waals surface area contributed by atoms with Gasteiger partial charge in [-0.1, -0.05) is 194 Å². The van der Waals surface area contributed by atoms with E-state index in [1.54, 1.807) is 0 Å². The summed E-state index contributed by atoms with van der Waals surface area (Å²) in [5.41, 5.74) is 0. The van der Waals surface area contributed by atoms with Gasteiger partial charge in [0.2, 0.25) is 0 Å². The Hall–Kier alpha value is -1.50. The fourth-order valence-electron chi connectivity index (χ4n) is 7.79. The molecule has 412 valence electrons. The topological polar surface area (TPSA) is 220 Å². The fourth-order valence-corrected chi connectivity index (χ4v) is 7.79. The Morgan fingerprint density at radius 1 is 0.261 bits per heavy atom. The molecule has 6 N–H and O–H groups in total. The van der Waals surface area contributed by atoms with Gasteiger partial charge in [-0.05, 0) is 12.8 Å². The summed E-state index contributed by atoms with van der Waals surface area (Å²) < 4.78 is 36.9. The Morgan fingerprint density at radius 2 is 0.420 bits per heavy atom. The van der Waals surface area contributed by atoms with Gasteiger partial charge < -0.3 is 63.8 Å². The highest BCUT2D eigenvalue weighted by Crippen LogP contribution is 2.16. The molecule has 0 radical (unpaired) electrons. The van der Waals surface area contributed by atoms with Crippen molar-refractivity contribution >= 4 is 11.9 Å². The second kappa shape index (κ2) is 52.8. The van der Waals surface area contributed by atoms with E-state index in [2.05, 4.69) is 13.8 Å². The summed E-state index contributed by atoms with van der Waals surface area (Å²) in [6.07, 6.45) is 32.2. The van der Waals surface area contributed by atoms with Crippen molar-refractivity contribution in [2.75, 3.05) is 79.3 Å². The van der Waals surface area contributed by atoms with Gasteiger partial charge in [-0.15, -0.1) is 0 Å². The van der Waals surface area contributed by atoms with Gasteiger partial charge in [-0.3, -0.25) is 9.59 Å². The van der Waals surface area contributed by atoms with Crippen molar-refractivity contribution in [3.05, 3.63) is 0 Å². The van der Waals surface area contributed by atoms with Gasteiger partial charge in [-0.2, -0.15) is 0 Å². The van der Waals surface area contributed by atoms with Crippen LogP contribution in [0, 0.1) is 0 Å². The molecule has 0 aliphatic heterocycles. The smallest absolute Gasteiger partial charge is 0.305 e. The van der Waals surface area contributed by atoms with Crippen LogP contribution in [0.5, 0.6) is 0 Å². The Labute approximate surface area is 419 Å². The van der Waals surface area contributed by atoms with Crippen LogP contribution in [0.4, 0.5) is 0 Å². The number of carbonyl (C=O) groups excluding carboxylic acids is 2. The van der Waals surface area contributed by atoms with Gasteiger partial charge in [0.05, 0.1) is 66.1 Å². The van der Waals surface area contributed by atoms with Crippen LogP contribution >= 0.6 is 0 Å². The summed E-state index contributed by atoms with van der Waals surface area (Å²) >= 11 is 0. The van der Waals surface area contributed by atoms with Crippen molar-refractivity contribution in [2.24, 2.45) is 0 Å². The summed E-state index contributed by atoms with van der Waals surface area (Å²) in [7, 11) is 0. The maximum Gasteiger partial charge on any atom is 0.305 e. The van der Waals surface area contributed by atoms with Gasteiger partial charge in [0.15, 0.2) is 0 Å². The molecule has 0 spiro atoms. The van der Waals surface area contributed by atoms with Gasteiger partial charge in [-0.25, -0.2) is 0 Å². The zero-order chi connectivity index (χ0) is 50.7. The van der Waals surface area contributed by atoms with Gasteiger partial charge >= 0.3 is 11.9 Å². The van der Waals surface area contributed by atoms with E-state index in [1.165, 1.54) is 154 Å². The van der Waals surface area contributed by atoms with Crippen LogP contribution in [0.15, 0.2) is 0 Å². The van der Waals surface area contributed by atoms with E-state index < -0.39 is 36.6 Å². The molecular formula is C54H106O15. The van der Waals surface area contributed by atoms with Crippen LogP contribution in [0.25, 0.3) is 0 Å². The molecular weight excluding hydrogens is 889 g/mol. The average molecular weight is 995 g/mol. The lowest BCUT2D eigenvalue weighted by Crippen LogP contribution is -2.31. The molecule has 0 fully saturated rings. The number of unbranched alkanes of at least 4 members (excludes halogenated alkanes) is 28. The number of esters is 2. The first-order chi connectivity index (χ1) is 33.6. The summed E-state index contributed by atoms with van der Waals surface area (Å²) in [6.45, 7) is 2.86. The summed E-state index contributed by atoms with van der Waals surface area (Å²) in [4.78, 5) is 24.1. The van der Waals surface area contributed by atoms with Crippen molar-refractivity contribution in [1.29, 1.82) is 0 Å². The summed E-state index contributed by atoms with van der Waals surface area (Å²) in [5, 5.41) is 60.5. The van der Waals surface area contributed by atoms with E-state index in [4.69, 9.17) is 33.2 Å². The van der Waals surface area contributed by atoms with Crippen LogP contribution in [0.2, 0.25) is 0 Å². The lowest BCUT2D eigenvalue weighted by molar-refractivity contribution is -0.149. The van der Waals surface area contributed by atoms with E-state index in [9.17, 15) is 40.2 Å². The van der Waals surface area contributed by atoms with E-state index in [0.29, 0.717) is 12.8 Å². The number of aliphatic hydroxyl groups is 6. The molecule has 69 heavy (non-hydrogen) atoms. The normalized spacial score (nSPS) is 14.4. The predicted molar refractivity (Wildman–Crippen MR) is 271 cm³/mol. The Balaban J connectivity index is 3.63. The third-order valence-corrected chi connectivity index (χ3v) is 11.9. The first-order valence-electron chi connectivity index (χ1n) is 27.9. The molecule has 0 amide bonds. The molecule has 0 rings (SSSR count). The van der Waals surface area contributed by atoms with E-state index >= 15 is 0 Å². The molecule has 0 heterocycles. The van der Waals surface area contributed by atoms with Crippen molar-refractivity contribution in [1.82, 2.24) is 0 Å². The third-order valence-electron chi connectivity index (χ3n) is 11.9. The predicted octanol–water partition coefficient (Wildman–Crippen LogP) is 8.84. The van der Waals surface area contributed by atoms with E-state index in [-0.39, 0.29) is 91.2 Å². The minimum Gasteiger partial charge on any atom is -0.463 e. The molecule has 0 aromatic heterocycles. The Morgan fingerprint density at radius 3 is 0.609 bits per heavy atom. The molecule has 6 atom stereocenters. The molecule has 0 unspecified atom stereocenters. The van der Waals surface area contributed by atoms with Crippen molar-refractivity contribution in [2.45, 2.75) is 256 Å². The molecule has 0 aromatic carbocycles. The number of carbonyl (C=O) groups is 2. The highest BCUT2D eigenvalue weighted by atomic mass is 16.6. The minimum absolute atomic E-state index is 0.123. The first kappa shape index (κ1) is 67.5. The maximum atomic E-state index is 12.0.